The van der Waals surface area contributed by atoms with Gasteiger partial charge in [-0.15, -0.1) is 0 Å². The van der Waals surface area contributed by atoms with Crippen molar-refractivity contribution in [3.63, 3.8) is 0 Å². The van der Waals surface area contributed by atoms with Crippen LogP contribution in [0.3, 0.4) is 0 Å². The molecule has 1 aromatic heterocycles. The van der Waals surface area contributed by atoms with Crippen LogP contribution in [0.2, 0.25) is 5.15 Å². The second-order valence-electron chi connectivity index (χ2n) is 3.77. The molecule has 0 radical (unpaired) electrons. The Hall–Kier alpha value is -2.14. The van der Waals surface area contributed by atoms with E-state index >= 15 is 0 Å². The molecule has 0 bridgehead atoms. The van der Waals surface area contributed by atoms with Crippen LogP contribution in [-0.4, -0.2) is 23.0 Å². The van der Waals surface area contributed by atoms with Crippen molar-refractivity contribution in [2.24, 2.45) is 0 Å². The predicted octanol–water partition coefficient (Wildman–Crippen LogP) is 2.32. The lowest BCUT2D eigenvalue weighted by molar-refractivity contribution is -0.115. The van der Waals surface area contributed by atoms with Gasteiger partial charge in [0, 0.05) is 0 Å². The minimum absolute atomic E-state index is 0.147. The van der Waals surface area contributed by atoms with Gasteiger partial charge in [0.25, 0.3) is 0 Å². The van der Waals surface area contributed by atoms with Gasteiger partial charge >= 0.3 is 6.01 Å². The number of methoxy groups -OCH3 is 1. The Bertz CT molecular complexity index is 575. The normalized spacial score (nSPS) is 10.0. The van der Waals surface area contributed by atoms with Crippen LogP contribution < -0.4 is 10.1 Å². The standard InChI is InChI=1S/C13H12ClN3O2/c1-19-13-15-8-10(12(14)17-13)16-11(18)7-9-5-3-2-4-6-9/h2-6,8H,7H2,1H3,(H,16,18). The molecule has 1 aromatic carbocycles. The topological polar surface area (TPSA) is 64.1 Å². The summed E-state index contributed by atoms with van der Waals surface area (Å²) in [5.41, 5.74) is 1.29. The largest absolute Gasteiger partial charge is 0.467 e. The molecule has 0 unspecified atom stereocenters. The molecule has 19 heavy (non-hydrogen) atoms. The van der Waals surface area contributed by atoms with Gasteiger partial charge in [-0.3, -0.25) is 4.79 Å². The molecule has 6 heteroatoms. The van der Waals surface area contributed by atoms with Crippen LogP contribution in [0.1, 0.15) is 5.56 Å². The second-order valence-corrected chi connectivity index (χ2v) is 4.13. The van der Waals surface area contributed by atoms with Crippen molar-refractivity contribution in [3.8, 4) is 6.01 Å². The van der Waals surface area contributed by atoms with Crippen LogP contribution >= 0.6 is 11.6 Å². The summed E-state index contributed by atoms with van der Waals surface area (Å²) in [6.45, 7) is 0. The molecule has 1 amide bonds. The number of hydrogen-bond donors (Lipinski definition) is 1. The molecule has 0 spiro atoms. The van der Waals surface area contributed by atoms with Crippen molar-refractivity contribution in [3.05, 3.63) is 47.2 Å². The number of hydrogen-bond acceptors (Lipinski definition) is 4. The third kappa shape index (κ3) is 3.66. The Kier molecular flexibility index (Phi) is 4.30. The number of nitrogens with zero attached hydrogens (tertiary/aromatic N) is 2. The lowest BCUT2D eigenvalue weighted by atomic mass is 10.1. The van der Waals surface area contributed by atoms with Gasteiger partial charge in [0.05, 0.1) is 25.4 Å². The van der Waals surface area contributed by atoms with Gasteiger partial charge in [0.2, 0.25) is 5.91 Å². The van der Waals surface area contributed by atoms with E-state index in [-0.39, 0.29) is 23.5 Å². The third-order valence-electron chi connectivity index (χ3n) is 2.38. The highest BCUT2D eigenvalue weighted by molar-refractivity contribution is 6.32. The van der Waals surface area contributed by atoms with Crippen LogP contribution in [0.4, 0.5) is 5.69 Å². The molecule has 2 rings (SSSR count). The number of rotatable bonds is 4. The van der Waals surface area contributed by atoms with E-state index in [1.807, 2.05) is 30.3 Å². The summed E-state index contributed by atoms with van der Waals surface area (Å²) in [6.07, 6.45) is 1.68. The zero-order chi connectivity index (χ0) is 13.7. The summed E-state index contributed by atoms with van der Waals surface area (Å²) in [6, 6.07) is 9.58. The van der Waals surface area contributed by atoms with Gasteiger partial charge in [0.15, 0.2) is 5.15 Å². The van der Waals surface area contributed by atoms with Gasteiger partial charge in [-0.05, 0) is 5.56 Å². The van der Waals surface area contributed by atoms with Crippen molar-refractivity contribution in [1.82, 2.24) is 9.97 Å². The fourth-order valence-corrected chi connectivity index (χ4v) is 1.67. The van der Waals surface area contributed by atoms with E-state index < -0.39 is 0 Å². The van der Waals surface area contributed by atoms with E-state index in [1.54, 1.807) is 0 Å². The molecule has 0 saturated heterocycles. The first-order valence-electron chi connectivity index (χ1n) is 5.59. The van der Waals surface area contributed by atoms with Gasteiger partial charge in [-0.1, -0.05) is 41.9 Å². The maximum Gasteiger partial charge on any atom is 0.317 e. The zero-order valence-electron chi connectivity index (χ0n) is 10.3. The van der Waals surface area contributed by atoms with Crippen molar-refractivity contribution < 1.29 is 9.53 Å². The number of ether oxygens (including phenoxy) is 1. The van der Waals surface area contributed by atoms with E-state index in [2.05, 4.69) is 15.3 Å². The number of carbonyl (C=O) groups excluding carboxylic acids is 1. The molecule has 0 aliphatic heterocycles. The first-order chi connectivity index (χ1) is 9.19. The number of benzene rings is 1. The Morgan fingerprint density at radius 3 is 2.74 bits per heavy atom. The number of carbonyl (C=O) groups is 1. The smallest absolute Gasteiger partial charge is 0.317 e. The molecule has 0 saturated carbocycles. The van der Waals surface area contributed by atoms with Gasteiger partial charge in [-0.25, -0.2) is 4.98 Å². The monoisotopic (exact) mass is 277 g/mol. The van der Waals surface area contributed by atoms with E-state index in [9.17, 15) is 4.79 Å². The summed E-state index contributed by atoms with van der Waals surface area (Å²) in [5.74, 6) is -0.179. The Morgan fingerprint density at radius 1 is 1.37 bits per heavy atom. The molecule has 5 nitrogen and oxygen atoms in total. The average Bonchev–Trinajstić information content (AvgIpc) is 2.42. The lowest BCUT2D eigenvalue weighted by Crippen LogP contribution is -2.15. The quantitative estimate of drug-likeness (QED) is 0.871. The molecule has 0 fully saturated rings. The highest BCUT2D eigenvalue weighted by Crippen LogP contribution is 2.20. The van der Waals surface area contributed by atoms with Crippen LogP contribution in [0.5, 0.6) is 6.01 Å². The van der Waals surface area contributed by atoms with E-state index in [1.165, 1.54) is 13.3 Å². The maximum absolute atomic E-state index is 11.8. The predicted molar refractivity (Wildman–Crippen MR) is 72.4 cm³/mol. The molecule has 98 valence electrons. The second kappa shape index (κ2) is 6.15. The zero-order valence-corrected chi connectivity index (χ0v) is 11.0. The molecular formula is C13H12ClN3O2. The summed E-state index contributed by atoms with van der Waals surface area (Å²) in [5, 5.41) is 2.81. The van der Waals surface area contributed by atoms with Gasteiger partial charge in [0.1, 0.15) is 0 Å². The first kappa shape index (κ1) is 13.3. The number of nitrogens with one attached hydrogen (secondary N) is 1. The van der Waals surface area contributed by atoms with Crippen molar-refractivity contribution >= 4 is 23.2 Å². The van der Waals surface area contributed by atoms with E-state index in [0.29, 0.717) is 5.69 Å². The van der Waals surface area contributed by atoms with E-state index in [0.717, 1.165) is 5.56 Å². The van der Waals surface area contributed by atoms with Gasteiger partial charge < -0.3 is 10.1 Å². The van der Waals surface area contributed by atoms with Crippen LogP contribution in [0, 0.1) is 0 Å². The summed E-state index contributed by atoms with van der Waals surface area (Å²) >= 11 is 5.91. The van der Waals surface area contributed by atoms with E-state index in [4.69, 9.17) is 16.3 Å². The number of halogens is 1. The molecule has 1 heterocycles. The molecule has 2 aromatic rings. The van der Waals surface area contributed by atoms with Crippen LogP contribution in [-0.2, 0) is 11.2 Å². The minimum atomic E-state index is -0.179. The molecular weight excluding hydrogens is 266 g/mol. The van der Waals surface area contributed by atoms with Crippen LogP contribution in [0.15, 0.2) is 36.5 Å². The Labute approximate surface area is 115 Å². The summed E-state index contributed by atoms with van der Waals surface area (Å²) < 4.78 is 4.83. The fourth-order valence-electron chi connectivity index (χ4n) is 1.50. The fraction of sp³-hybridized carbons (Fsp3) is 0.154. The van der Waals surface area contributed by atoms with Gasteiger partial charge in [-0.2, -0.15) is 4.98 Å². The minimum Gasteiger partial charge on any atom is -0.467 e. The highest BCUT2D eigenvalue weighted by Gasteiger charge is 2.09. The lowest BCUT2D eigenvalue weighted by Gasteiger charge is -2.07. The summed E-state index contributed by atoms with van der Waals surface area (Å²) in [4.78, 5) is 19.6. The Morgan fingerprint density at radius 2 is 2.11 bits per heavy atom. The number of amides is 1. The molecule has 0 atom stereocenters. The maximum atomic E-state index is 11.8. The van der Waals surface area contributed by atoms with Crippen molar-refractivity contribution in [2.75, 3.05) is 12.4 Å². The third-order valence-corrected chi connectivity index (χ3v) is 2.67. The average molecular weight is 278 g/mol. The number of anilines is 1. The molecule has 0 aliphatic carbocycles. The molecule has 0 aliphatic rings. The highest BCUT2D eigenvalue weighted by atomic mass is 35.5. The Balaban J connectivity index is 2.03. The van der Waals surface area contributed by atoms with Crippen molar-refractivity contribution in [2.45, 2.75) is 6.42 Å². The first-order valence-corrected chi connectivity index (χ1v) is 5.97. The molecule has 1 N–H and O–H groups in total. The number of aromatic nitrogens is 2. The van der Waals surface area contributed by atoms with Crippen LogP contribution in [0.25, 0.3) is 0 Å². The summed E-state index contributed by atoms with van der Waals surface area (Å²) in [7, 11) is 1.44. The van der Waals surface area contributed by atoms with Crippen molar-refractivity contribution in [1.29, 1.82) is 0 Å². The SMILES string of the molecule is COc1ncc(NC(=O)Cc2ccccc2)c(Cl)n1.